The maximum absolute atomic E-state index is 12.1. The number of amides is 1. The van der Waals surface area contributed by atoms with Crippen molar-refractivity contribution in [2.75, 3.05) is 19.0 Å². The molecule has 0 unspecified atom stereocenters. The SMILES string of the molecule is CN(C)c1ccc(/C=N/N=C2\NC(=O)[C@@H](Cc3ccccc3)S2)cc1. The van der Waals surface area contributed by atoms with Gasteiger partial charge in [-0.15, -0.1) is 5.10 Å². The molecule has 0 bridgehead atoms. The number of hydrogen-bond donors (Lipinski definition) is 1. The molecule has 0 aliphatic carbocycles. The van der Waals surface area contributed by atoms with Gasteiger partial charge in [-0.3, -0.25) is 4.79 Å². The van der Waals surface area contributed by atoms with Gasteiger partial charge in [0, 0.05) is 19.8 Å². The first kappa shape index (κ1) is 17.2. The molecule has 0 radical (unpaired) electrons. The molecule has 3 rings (SSSR count). The van der Waals surface area contributed by atoms with Crippen molar-refractivity contribution in [3.8, 4) is 0 Å². The van der Waals surface area contributed by atoms with E-state index in [2.05, 4.69) is 15.5 Å². The van der Waals surface area contributed by atoms with Crippen LogP contribution in [0.2, 0.25) is 0 Å². The fourth-order valence-electron chi connectivity index (χ4n) is 2.42. The highest BCUT2D eigenvalue weighted by Crippen LogP contribution is 2.23. The van der Waals surface area contributed by atoms with E-state index in [-0.39, 0.29) is 11.2 Å². The summed E-state index contributed by atoms with van der Waals surface area (Å²) in [5.74, 6) is -0.0156. The largest absolute Gasteiger partial charge is 0.378 e. The first-order valence-electron chi connectivity index (χ1n) is 8.01. The Bertz CT molecular complexity index is 785. The van der Waals surface area contributed by atoms with Crippen LogP contribution >= 0.6 is 11.8 Å². The quantitative estimate of drug-likeness (QED) is 0.665. The molecule has 2 aromatic rings. The van der Waals surface area contributed by atoms with Crippen molar-refractivity contribution < 1.29 is 4.79 Å². The summed E-state index contributed by atoms with van der Waals surface area (Å²) in [5.41, 5.74) is 3.23. The van der Waals surface area contributed by atoms with E-state index >= 15 is 0 Å². The number of anilines is 1. The topological polar surface area (TPSA) is 57.1 Å². The van der Waals surface area contributed by atoms with Gasteiger partial charge in [-0.2, -0.15) is 5.10 Å². The molecular formula is C19H20N4OS. The first-order chi connectivity index (χ1) is 12.1. The third kappa shape index (κ3) is 4.70. The van der Waals surface area contributed by atoms with Crippen LogP contribution in [0.25, 0.3) is 0 Å². The van der Waals surface area contributed by atoms with Crippen molar-refractivity contribution in [2.24, 2.45) is 10.2 Å². The molecule has 5 nitrogen and oxygen atoms in total. The van der Waals surface area contributed by atoms with Crippen molar-refractivity contribution in [2.45, 2.75) is 11.7 Å². The number of hydrogen-bond acceptors (Lipinski definition) is 5. The molecule has 1 aliphatic rings. The summed E-state index contributed by atoms with van der Waals surface area (Å²) in [6, 6.07) is 18.0. The summed E-state index contributed by atoms with van der Waals surface area (Å²) in [5, 5.41) is 11.4. The van der Waals surface area contributed by atoms with Crippen LogP contribution < -0.4 is 10.2 Å². The highest BCUT2D eigenvalue weighted by molar-refractivity contribution is 8.15. The van der Waals surface area contributed by atoms with Crippen molar-refractivity contribution >= 4 is 34.7 Å². The van der Waals surface area contributed by atoms with Gasteiger partial charge in [0.25, 0.3) is 0 Å². The van der Waals surface area contributed by atoms with Gasteiger partial charge in [0.1, 0.15) is 0 Å². The number of benzene rings is 2. The van der Waals surface area contributed by atoms with Gasteiger partial charge in [-0.25, -0.2) is 0 Å². The van der Waals surface area contributed by atoms with Crippen LogP contribution in [0.4, 0.5) is 5.69 Å². The fourth-order valence-corrected chi connectivity index (χ4v) is 3.39. The highest BCUT2D eigenvalue weighted by atomic mass is 32.2. The zero-order chi connectivity index (χ0) is 17.6. The Labute approximate surface area is 151 Å². The minimum atomic E-state index is -0.157. The fraction of sp³-hybridized carbons (Fsp3) is 0.211. The normalized spacial score (nSPS) is 18.7. The molecule has 1 saturated heterocycles. The third-order valence-electron chi connectivity index (χ3n) is 3.81. The summed E-state index contributed by atoms with van der Waals surface area (Å²) in [7, 11) is 4.00. The Hall–Kier alpha value is -2.60. The van der Waals surface area contributed by atoms with Gasteiger partial charge in [0.15, 0.2) is 5.17 Å². The first-order valence-corrected chi connectivity index (χ1v) is 8.89. The van der Waals surface area contributed by atoms with Crippen molar-refractivity contribution in [3.63, 3.8) is 0 Å². The van der Waals surface area contributed by atoms with Gasteiger partial charge in [-0.05, 0) is 29.7 Å². The summed E-state index contributed by atoms with van der Waals surface area (Å²) in [6.07, 6.45) is 2.37. The minimum absolute atomic E-state index is 0.0156. The number of nitrogens with one attached hydrogen (secondary N) is 1. The number of nitrogens with zero attached hydrogens (tertiary/aromatic N) is 3. The van der Waals surface area contributed by atoms with Gasteiger partial charge in [-0.1, -0.05) is 54.2 Å². The van der Waals surface area contributed by atoms with Crippen LogP contribution in [0.15, 0.2) is 64.8 Å². The molecule has 25 heavy (non-hydrogen) atoms. The molecule has 2 aromatic carbocycles. The molecule has 0 spiro atoms. The molecule has 1 aliphatic heterocycles. The number of rotatable bonds is 5. The molecule has 128 valence electrons. The van der Waals surface area contributed by atoms with Crippen LogP contribution in [-0.4, -0.2) is 36.6 Å². The number of thioether (sulfide) groups is 1. The second kappa shape index (κ2) is 7.98. The molecule has 1 atom stereocenters. The molecule has 1 amide bonds. The van der Waals surface area contributed by atoms with E-state index in [0.29, 0.717) is 11.6 Å². The molecule has 1 fully saturated rings. The van der Waals surface area contributed by atoms with Crippen LogP contribution in [-0.2, 0) is 11.2 Å². The van der Waals surface area contributed by atoms with Crippen molar-refractivity contribution in [1.82, 2.24) is 5.32 Å². The van der Waals surface area contributed by atoms with Crippen LogP contribution in [0, 0.1) is 0 Å². The van der Waals surface area contributed by atoms with Gasteiger partial charge in [0.2, 0.25) is 5.91 Å². The highest BCUT2D eigenvalue weighted by Gasteiger charge is 2.30. The lowest BCUT2D eigenvalue weighted by molar-refractivity contribution is -0.118. The van der Waals surface area contributed by atoms with E-state index in [1.807, 2.05) is 73.6 Å². The van der Waals surface area contributed by atoms with Crippen LogP contribution in [0.5, 0.6) is 0 Å². The average Bonchev–Trinajstić information content (AvgIpc) is 2.96. The zero-order valence-electron chi connectivity index (χ0n) is 14.2. The second-order valence-electron chi connectivity index (χ2n) is 5.92. The van der Waals surface area contributed by atoms with Crippen molar-refractivity contribution in [3.05, 3.63) is 65.7 Å². The smallest absolute Gasteiger partial charge is 0.239 e. The molecule has 6 heteroatoms. The Kier molecular flexibility index (Phi) is 5.50. The Morgan fingerprint density at radius 1 is 1.12 bits per heavy atom. The average molecular weight is 352 g/mol. The van der Waals surface area contributed by atoms with E-state index in [1.54, 1.807) is 6.21 Å². The van der Waals surface area contributed by atoms with E-state index < -0.39 is 0 Å². The van der Waals surface area contributed by atoms with Crippen molar-refractivity contribution in [1.29, 1.82) is 0 Å². The van der Waals surface area contributed by atoms with E-state index in [9.17, 15) is 4.79 Å². The van der Waals surface area contributed by atoms with Gasteiger partial charge < -0.3 is 10.2 Å². The number of amidine groups is 1. The Balaban J connectivity index is 1.59. The van der Waals surface area contributed by atoms with Crippen LogP contribution in [0.3, 0.4) is 0 Å². The molecule has 0 aromatic heterocycles. The predicted molar refractivity (Wildman–Crippen MR) is 105 cm³/mol. The molecular weight excluding hydrogens is 332 g/mol. The second-order valence-corrected chi connectivity index (χ2v) is 7.11. The number of carbonyl (C=O) groups excluding carboxylic acids is 1. The van der Waals surface area contributed by atoms with Gasteiger partial charge >= 0.3 is 0 Å². The zero-order valence-corrected chi connectivity index (χ0v) is 15.0. The third-order valence-corrected chi connectivity index (χ3v) is 4.88. The maximum atomic E-state index is 12.1. The minimum Gasteiger partial charge on any atom is -0.378 e. The van der Waals surface area contributed by atoms with E-state index in [0.717, 1.165) is 16.8 Å². The summed E-state index contributed by atoms with van der Waals surface area (Å²) in [6.45, 7) is 0. The Morgan fingerprint density at radius 3 is 2.52 bits per heavy atom. The standard InChI is InChI=1S/C19H20N4OS/c1-23(2)16-10-8-15(9-11-16)13-20-22-19-21-18(24)17(25-19)12-14-6-4-3-5-7-14/h3-11,13,17H,12H2,1-2H3,(H,21,22,24)/b20-13+/t17-/m1/s1. The molecule has 1 N–H and O–H groups in total. The monoisotopic (exact) mass is 352 g/mol. The summed E-state index contributed by atoms with van der Waals surface area (Å²) >= 11 is 1.42. The molecule has 1 heterocycles. The van der Waals surface area contributed by atoms with Crippen LogP contribution in [0.1, 0.15) is 11.1 Å². The van der Waals surface area contributed by atoms with Gasteiger partial charge in [0.05, 0.1) is 11.5 Å². The Morgan fingerprint density at radius 2 is 1.84 bits per heavy atom. The number of carbonyl (C=O) groups is 1. The predicted octanol–water partition coefficient (Wildman–Crippen LogP) is 2.92. The lowest BCUT2D eigenvalue weighted by Gasteiger charge is -2.11. The van der Waals surface area contributed by atoms with E-state index in [1.165, 1.54) is 11.8 Å². The lowest BCUT2D eigenvalue weighted by Crippen LogP contribution is -2.25. The lowest BCUT2D eigenvalue weighted by atomic mass is 10.1. The molecule has 0 saturated carbocycles. The maximum Gasteiger partial charge on any atom is 0.239 e. The van der Waals surface area contributed by atoms with E-state index in [4.69, 9.17) is 0 Å². The summed E-state index contributed by atoms with van der Waals surface area (Å²) in [4.78, 5) is 14.1. The summed E-state index contributed by atoms with van der Waals surface area (Å²) < 4.78 is 0.